The van der Waals surface area contributed by atoms with E-state index in [4.69, 9.17) is 0 Å². The van der Waals surface area contributed by atoms with Crippen molar-refractivity contribution in [3.8, 4) is 45.0 Å². The Morgan fingerprint density at radius 2 is 0.671 bits per heavy atom. The van der Waals surface area contributed by atoms with Crippen molar-refractivity contribution in [2.45, 2.75) is 13.8 Å². The van der Waals surface area contributed by atoms with Gasteiger partial charge in [0.15, 0.2) is 0 Å². The van der Waals surface area contributed by atoms with Crippen molar-refractivity contribution in [3.63, 3.8) is 0 Å². The van der Waals surface area contributed by atoms with Crippen LogP contribution in [-0.4, -0.2) is 19.9 Å². The van der Waals surface area contributed by atoms with Crippen molar-refractivity contribution in [2.24, 2.45) is 0 Å². The average molecular weight is 1840 g/mol. The summed E-state index contributed by atoms with van der Waals surface area (Å²) >= 11 is 7.26. The maximum Gasteiger partial charge on any atom is 0.0239 e. The van der Waals surface area contributed by atoms with Gasteiger partial charge < -0.3 is 19.9 Å². The molecule has 0 saturated carbocycles. The van der Waals surface area contributed by atoms with Gasteiger partial charge in [-0.1, -0.05) is 142 Å². The minimum absolute atomic E-state index is 0. The smallest absolute Gasteiger partial charge is 0.0239 e. The number of rotatable bonds is 4. The van der Waals surface area contributed by atoms with Crippen molar-refractivity contribution in [3.05, 3.63) is 266 Å². The van der Waals surface area contributed by atoms with Crippen LogP contribution in [0, 0.1) is 38.1 Å². The first-order valence-electron chi connectivity index (χ1n) is 25.5. The zero-order chi connectivity index (χ0) is 52.4. The van der Waals surface area contributed by atoms with Crippen LogP contribution in [0.25, 0.3) is 126 Å². The number of hydrogen-bond donors (Lipinski definition) is 0. The fourth-order valence-corrected chi connectivity index (χ4v) is 14.3. The predicted octanol–water partition coefficient (Wildman–Crippen LogP) is 20.3. The molecule has 0 saturated heterocycles. The zero-order valence-electron chi connectivity index (χ0n) is 43.7. The summed E-state index contributed by atoms with van der Waals surface area (Å²) in [5.41, 5.74) is 10.7. The molecule has 0 N–H and O–H groups in total. The monoisotopic (exact) mass is 1840 g/mol. The van der Waals surface area contributed by atoms with E-state index in [1.54, 1.807) is 0 Å². The van der Waals surface area contributed by atoms with Gasteiger partial charge >= 0.3 is 0 Å². The van der Waals surface area contributed by atoms with Crippen molar-refractivity contribution < 1.29 is 80.4 Å². The van der Waals surface area contributed by atoms with Crippen LogP contribution >= 0.6 is 45.3 Å². The second kappa shape index (κ2) is 27.5. The molecular weight excluding hydrogens is 1790 g/mol. The van der Waals surface area contributed by atoms with Gasteiger partial charge in [-0.05, 0) is 125 Å². The molecule has 12 heteroatoms. The molecule has 0 aliphatic carbocycles. The molecule has 4 nitrogen and oxygen atoms in total. The summed E-state index contributed by atoms with van der Waals surface area (Å²) in [7, 11) is 0. The maximum atomic E-state index is 4.51. The second-order valence-corrected chi connectivity index (χ2v) is 23.0. The van der Waals surface area contributed by atoms with Crippen LogP contribution in [0.3, 0.4) is 0 Å². The third-order valence-corrected chi connectivity index (χ3v) is 18.2. The standard InChI is InChI=1S/2C18H12NS.2C17H10NS.4Ir/c1-12-9-10-19-16(11-12)15-7-4-6-14-13-5-2-3-8-17(13)20-18(14)15;1-12-8-9-19-16(10-12)13-6-7-18-15(11-13)14-4-2-3-5-17(14)20-18;1-2-10-16-12(6-1)13-7-5-8-14(17(13)19-16)15-9-3-4-11-18-15;1-2-7-16-13(5-1)14-11-12(8-9-17(14)19-16)15-6-3-4-10-18-15;;;;/h2-6,8-11H,1H3;2-5,7-11H,1H3;2*1-7,9-11H;;;;/q4*-1;;;;. The van der Waals surface area contributed by atoms with Gasteiger partial charge in [-0.25, -0.2) is 0 Å². The van der Waals surface area contributed by atoms with E-state index in [1.165, 1.54) is 91.8 Å². The number of aryl methyl sites for hydroxylation is 2. The molecule has 0 aliphatic rings. The molecule has 0 bridgehead atoms. The molecule has 8 aromatic carbocycles. The van der Waals surface area contributed by atoms with E-state index in [2.05, 4.69) is 204 Å². The van der Waals surface area contributed by atoms with E-state index in [0.29, 0.717) is 0 Å². The summed E-state index contributed by atoms with van der Waals surface area (Å²) in [6.07, 6.45) is 7.37. The van der Waals surface area contributed by atoms with Gasteiger partial charge in [-0.3, -0.25) is 0 Å². The molecule has 16 aromatic rings. The van der Waals surface area contributed by atoms with Gasteiger partial charge in [-0.2, -0.15) is 45.3 Å². The van der Waals surface area contributed by atoms with Gasteiger partial charge in [0.1, 0.15) is 0 Å². The minimum Gasteiger partial charge on any atom is -0.305 e. The summed E-state index contributed by atoms with van der Waals surface area (Å²) in [6, 6.07) is 84.6. The van der Waals surface area contributed by atoms with Crippen LogP contribution in [0.15, 0.2) is 231 Å². The first-order valence-corrected chi connectivity index (χ1v) is 28.7. The third kappa shape index (κ3) is 12.7. The normalized spacial score (nSPS) is 10.7. The van der Waals surface area contributed by atoms with E-state index >= 15 is 0 Å². The molecule has 0 unspecified atom stereocenters. The molecule has 8 aromatic heterocycles. The Labute approximate surface area is 545 Å². The Morgan fingerprint density at radius 1 is 0.293 bits per heavy atom. The number of nitrogens with zero attached hydrogens (tertiary/aromatic N) is 4. The quantitative estimate of drug-likeness (QED) is 0.165. The van der Waals surface area contributed by atoms with Crippen molar-refractivity contribution in [1.82, 2.24) is 19.9 Å². The van der Waals surface area contributed by atoms with Crippen LogP contribution in [0.4, 0.5) is 0 Å². The van der Waals surface area contributed by atoms with Gasteiger partial charge in [0.2, 0.25) is 0 Å². The molecule has 8 heterocycles. The molecule has 0 fully saturated rings. The number of aromatic nitrogens is 4. The van der Waals surface area contributed by atoms with Crippen molar-refractivity contribution in [2.75, 3.05) is 0 Å². The van der Waals surface area contributed by atoms with E-state index < -0.39 is 0 Å². The van der Waals surface area contributed by atoms with Crippen molar-refractivity contribution >= 4 is 126 Å². The predicted molar refractivity (Wildman–Crippen MR) is 335 cm³/mol. The van der Waals surface area contributed by atoms with Crippen LogP contribution in [-0.2, 0) is 80.4 Å². The number of thiophene rings is 4. The Hall–Kier alpha value is -6.16. The molecule has 408 valence electrons. The Balaban J connectivity index is 0.000000130. The summed E-state index contributed by atoms with van der Waals surface area (Å²) in [5, 5.41) is 10.4. The van der Waals surface area contributed by atoms with Crippen molar-refractivity contribution in [1.29, 1.82) is 0 Å². The number of hydrogen-bond acceptors (Lipinski definition) is 8. The average Bonchev–Trinajstić information content (AvgIpc) is 4.48. The van der Waals surface area contributed by atoms with E-state index in [0.717, 1.165) is 45.0 Å². The number of pyridine rings is 4. The Bertz CT molecular complexity index is 4780. The van der Waals surface area contributed by atoms with E-state index in [-0.39, 0.29) is 80.4 Å². The fraction of sp³-hybridized carbons (Fsp3) is 0.0286. The molecular formula is C70H44Ir4N4S4-4. The van der Waals surface area contributed by atoms with Gasteiger partial charge in [-0.15, -0.1) is 95.1 Å². The Kier molecular flexibility index (Phi) is 20.3. The minimum atomic E-state index is 0. The summed E-state index contributed by atoms with van der Waals surface area (Å²) in [6.45, 7) is 4.18. The van der Waals surface area contributed by atoms with E-state index in [1.807, 2.05) is 131 Å². The number of benzene rings is 8. The number of fused-ring (bicyclic) bond motifs is 12. The molecule has 0 amide bonds. The van der Waals surface area contributed by atoms with E-state index in [9.17, 15) is 0 Å². The van der Waals surface area contributed by atoms with Crippen LogP contribution in [0.5, 0.6) is 0 Å². The Morgan fingerprint density at radius 3 is 1.13 bits per heavy atom. The first kappa shape index (κ1) is 60.4. The second-order valence-electron chi connectivity index (χ2n) is 18.7. The first-order chi connectivity index (χ1) is 38.5. The molecule has 0 aliphatic heterocycles. The topological polar surface area (TPSA) is 51.6 Å². The maximum absolute atomic E-state index is 4.51. The molecule has 4 radical (unpaired) electrons. The van der Waals surface area contributed by atoms with Gasteiger partial charge in [0.05, 0.1) is 0 Å². The van der Waals surface area contributed by atoms with Crippen LogP contribution in [0.2, 0.25) is 0 Å². The fourth-order valence-electron chi connectivity index (χ4n) is 9.79. The summed E-state index contributed by atoms with van der Waals surface area (Å²) in [5.74, 6) is 0. The zero-order valence-corrected chi connectivity index (χ0v) is 56.5. The largest absolute Gasteiger partial charge is 0.305 e. The summed E-state index contributed by atoms with van der Waals surface area (Å²) in [4.78, 5) is 17.8. The van der Waals surface area contributed by atoms with Crippen LogP contribution < -0.4 is 0 Å². The summed E-state index contributed by atoms with van der Waals surface area (Å²) < 4.78 is 10.4. The van der Waals surface area contributed by atoms with Gasteiger partial charge in [0.25, 0.3) is 0 Å². The molecule has 16 rings (SSSR count). The van der Waals surface area contributed by atoms with Gasteiger partial charge in [0, 0.05) is 124 Å². The van der Waals surface area contributed by atoms with Crippen LogP contribution in [0.1, 0.15) is 11.1 Å². The molecule has 0 atom stereocenters. The third-order valence-electron chi connectivity index (χ3n) is 13.5. The SMILES string of the molecule is Cc1ccnc(-c2[c-]cc3sc4ccccc4c3c2)c1.Cc1ccnc(-c2[c-]ccc3c2sc2ccccc23)c1.[Ir].[Ir].[Ir].[Ir].[c-]1cc2sc3ccccc3c2cc1-c1ccccn1.[c-]1ccc2c(sc3ccccc32)c1-c1ccccn1. The molecule has 82 heavy (non-hydrogen) atoms. The molecule has 0 spiro atoms.